The number of furan rings is 1. The molecule has 1 atom stereocenters. The molecule has 0 saturated heterocycles. The molecule has 7 heteroatoms. The van der Waals surface area contributed by atoms with Crippen LogP contribution < -0.4 is 0 Å². The highest BCUT2D eigenvalue weighted by Crippen LogP contribution is 2.35. The van der Waals surface area contributed by atoms with Crippen LogP contribution in [0.5, 0.6) is 0 Å². The van der Waals surface area contributed by atoms with Gasteiger partial charge >= 0.3 is 0 Å². The molecule has 4 aromatic rings. The van der Waals surface area contributed by atoms with Crippen molar-refractivity contribution in [2.75, 3.05) is 6.26 Å². The van der Waals surface area contributed by atoms with E-state index in [4.69, 9.17) is 13.9 Å². The van der Waals surface area contributed by atoms with Crippen LogP contribution in [0.15, 0.2) is 50.2 Å². The van der Waals surface area contributed by atoms with Crippen molar-refractivity contribution in [1.29, 1.82) is 0 Å². The molecule has 0 spiro atoms. The van der Waals surface area contributed by atoms with Gasteiger partial charge in [0.2, 0.25) is 0 Å². The van der Waals surface area contributed by atoms with Crippen LogP contribution in [0.2, 0.25) is 0 Å². The smallest absolute Gasteiger partial charge is 0.160 e. The lowest BCUT2D eigenvalue weighted by atomic mass is 10.0. The van der Waals surface area contributed by atoms with Gasteiger partial charge in [-0.3, -0.25) is 0 Å². The van der Waals surface area contributed by atoms with E-state index in [-0.39, 0.29) is 4.90 Å². The Balaban J connectivity index is 1.95. The van der Waals surface area contributed by atoms with Gasteiger partial charge in [-0.25, -0.2) is 4.98 Å². The SMILES string of the molecule is Cc1cc2cc(-c3c(C)noc3C)nc(-c3ccc([S+](C)(=O)[O-])cc3)c2o1. The summed E-state index contributed by atoms with van der Waals surface area (Å²) in [6.07, 6.45) is 1.19. The normalized spacial score (nSPS) is 13.8. The van der Waals surface area contributed by atoms with Gasteiger partial charge in [0.1, 0.15) is 23.5 Å². The largest absolute Gasteiger partial charge is 0.610 e. The number of aryl methyl sites for hydroxylation is 3. The third kappa shape index (κ3) is 3.09. The zero-order chi connectivity index (χ0) is 19.3. The fourth-order valence-electron chi connectivity index (χ4n) is 3.21. The second kappa shape index (κ2) is 6.14. The number of aromatic nitrogens is 2. The van der Waals surface area contributed by atoms with Crippen LogP contribution in [0.25, 0.3) is 33.5 Å². The van der Waals surface area contributed by atoms with Gasteiger partial charge in [-0.05, 0) is 57.2 Å². The molecule has 1 aromatic carbocycles. The molecule has 27 heavy (non-hydrogen) atoms. The van der Waals surface area contributed by atoms with Crippen LogP contribution in [-0.4, -0.2) is 20.9 Å². The molecular formula is C20H18N2O4S. The maximum Gasteiger partial charge on any atom is 0.160 e. The summed E-state index contributed by atoms with van der Waals surface area (Å²) in [5.41, 5.74) is 4.44. The summed E-state index contributed by atoms with van der Waals surface area (Å²) in [5, 5.41) is 4.93. The molecule has 138 valence electrons. The number of hydrogen-bond donors (Lipinski definition) is 0. The predicted octanol–water partition coefficient (Wildman–Crippen LogP) is 4.69. The first kappa shape index (κ1) is 17.6. The molecule has 0 aliphatic heterocycles. The average molecular weight is 382 g/mol. The maximum atomic E-state index is 11.7. The molecule has 0 fully saturated rings. The van der Waals surface area contributed by atoms with E-state index in [9.17, 15) is 8.76 Å². The molecule has 0 aliphatic carbocycles. The topological polar surface area (TPSA) is 92.2 Å². The number of fused-ring (bicyclic) bond motifs is 1. The van der Waals surface area contributed by atoms with Gasteiger partial charge in [-0.1, -0.05) is 5.16 Å². The summed E-state index contributed by atoms with van der Waals surface area (Å²) < 4.78 is 34.6. The minimum Gasteiger partial charge on any atom is -0.610 e. The van der Waals surface area contributed by atoms with E-state index >= 15 is 0 Å². The zero-order valence-corrected chi connectivity index (χ0v) is 16.2. The second-order valence-electron chi connectivity index (χ2n) is 6.63. The van der Waals surface area contributed by atoms with Crippen molar-refractivity contribution in [3.05, 3.63) is 53.6 Å². The fraction of sp³-hybridized carbons (Fsp3) is 0.200. The third-order valence-corrected chi connectivity index (χ3v) is 5.60. The predicted molar refractivity (Wildman–Crippen MR) is 102 cm³/mol. The van der Waals surface area contributed by atoms with E-state index in [1.165, 1.54) is 6.26 Å². The number of nitrogens with zero attached hydrogens (tertiary/aromatic N) is 2. The molecule has 0 amide bonds. The van der Waals surface area contributed by atoms with Crippen molar-refractivity contribution in [2.45, 2.75) is 25.7 Å². The Morgan fingerprint density at radius 1 is 1.07 bits per heavy atom. The number of sulfone groups is 1. The van der Waals surface area contributed by atoms with Gasteiger partial charge < -0.3 is 13.5 Å². The first-order chi connectivity index (χ1) is 12.7. The molecular weight excluding hydrogens is 364 g/mol. The van der Waals surface area contributed by atoms with Crippen molar-refractivity contribution in [1.82, 2.24) is 10.1 Å². The molecule has 0 saturated carbocycles. The zero-order valence-electron chi connectivity index (χ0n) is 15.4. The number of pyridine rings is 1. The van der Waals surface area contributed by atoms with Gasteiger partial charge in [0.15, 0.2) is 10.5 Å². The van der Waals surface area contributed by atoms with Crippen LogP contribution in [-0.2, 0) is 14.4 Å². The Hall–Kier alpha value is -2.77. The van der Waals surface area contributed by atoms with Crippen LogP contribution in [0.3, 0.4) is 0 Å². The number of rotatable bonds is 3. The maximum absolute atomic E-state index is 11.7. The first-order valence-corrected chi connectivity index (χ1v) is 10.3. The van der Waals surface area contributed by atoms with Crippen LogP contribution in [0, 0.1) is 20.8 Å². The second-order valence-corrected chi connectivity index (χ2v) is 8.64. The fourth-order valence-corrected chi connectivity index (χ4v) is 3.84. The lowest BCUT2D eigenvalue weighted by Gasteiger charge is -2.10. The Labute approximate surface area is 157 Å². The molecule has 4 rings (SSSR count). The molecule has 3 heterocycles. The molecule has 0 bridgehead atoms. The highest BCUT2D eigenvalue weighted by atomic mass is 32.3. The quantitative estimate of drug-likeness (QED) is 0.477. The van der Waals surface area contributed by atoms with Gasteiger partial charge in [-0.15, -0.1) is 4.21 Å². The Morgan fingerprint density at radius 2 is 1.78 bits per heavy atom. The van der Waals surface area contributed by atoms with Gasteiger partial charge in [0, 0.05) is 10.9 Å². The molecule has 1 unspecified atom stereocenters. The Morgan fingerprint density at radius 3 is 2.37 bits per heavy atom. The monoisotopic (exact) mass is 382 g/mol. The molecule has 0 radical (unpaired) electrons. The summed E-state index contributed by atoms with van der Waals surface area (Å²) in [6.45, 7) is 5.60. The molecule has 3 aromatic heterocycles. The van der Waals surface area contributed by atoms with E-state index in [2.05, 4.69) is 5.16 Å². The number of benzene rings is 1. The van der Waals surface area contributed by atoms with Crippen molar-refractivity contribution < 1.29 is 17.7 Å². The molecule has 6 nitrogen and oxygen atoms in total. The van der Waals surface area contributed by atoms with E-state index < -0.39 is 10.2 Å². The standard InChI is InChI=1S/C20H18N2O4S/c1-11-9-15-10-17(18-12(2)22-26-13(18)3)21-19(20(15)25-11)14-5-7-16(8-6-14)27(4,23)24/h5-10H,1-4H3. The summed E-state index contributed by atoms with van der Waals surface area (Å²) >= 11 is 0. The van der Waals surface area contributed by atoms with E-state index in [0.29, 0.717) is 17.0 Å². The van der Waals surface area contributed by atoms with E-state index in [1.54, 1.807) is 24.3 Å². The Kier molecular flexibility index (Phi) is 4.01. The van der Waals surface area contributed by atoms with Crippen LogP contribution >= 0.6 is 0 Å². The highest BCUT2D eigenvalue weighted by Gasteiger charge is 2.19. The van der Waals surface area contributed by atoms with Crippen molar-refractivity contribution in [3.8, 4) is 22.5 Å². The summed E-state index contributed by atoms with van der Waals surface area (Å²) in [5.74, 6) is 1.47. The van der Waals surface area contributed by atoms with Gasteiger partial charge in [0.25, 0.3) is 0 Å². The molecule has 0 N–H and O–H groups in total. The van der Waals surface area contributed by atoms with Crippen molar-refractivity contribution >= 4 is 21.2 Å². The van der Waals surface area contributed by atoms with Crippen molar-refractivity contribution in [2.24, 2.45) is 0 Å². The van der Waals surface area contributed by atoms with E-state index in [1.807, 2.05) is 32.9 Å². The van der Waals surface area contributed by atoms with Crippen molar-refractivity contribution in [3.63, 3.8) is 0 Å². The van der Waals surface area contributed by atoms with Crippen LogP contribution in [0.4, 0.5) is 0 Å². The first-order valence-electron chi connectivity index (χ1n) is 8.39. The molecule has 0 aliphatic rings. The lowest BCUT2D eigenvalue weighted by Crippen LogP contribution is -2.06. The van der Waals surface area contributed by atoms with E-state index in [0.717, 1.165) is 33.7 Å². The lowest BCUT2D eigenvalue weighted by molar-refractivity contribution is 0.393. The van der Waals surface area contributed by atoms with Crippen LogP contribution in [0.1, 0.15) is 17.2 Å². The van der Waals surface area contributed by atoms with Gasteiger partial charge in [-0.2, -0.15) is 0 Å². The summed E-state index contributed by atoms with van der Waals surface area (Å²) in [7, 11) is -3.26. The summed E-state index contributed by atoms with van der Waals surface area (Å²) in [6, 6.07) is 10.5. The number of hydrogen-bond acceptors (Lipinski definition) is 6. The minimum absolute atomic E-state index is 0.264. The van der Waals surface area contributed by atoms with Gasteiger partial charge in [0.05, 0.1) is 27.2 Å². The Bertz CT molecular complexity index is 1180. The summed E-state index contributed by atoms with van der Waals surface area (Å²) in [4.78, 5) is 5.06. The highest BCUT2D eigenvalue weighted by molar-refractivity contribution is 7.97. The minimum atomic E-state index is -3.26. The third-order valence-electron chi connectivity index (χ3n) is 4.47. The average Bonchev–Trinajstić information content (AvgIpc) is 3.14.